The van der Waals surface area contributed by atoms with E-state index in [2.05, 4.69) is 10.5 Å². The number of hydrazone groups is 1. The quantitative estimate of drug-likeness (QED) is 0.388. The number of carbonyl (C=O) groups excluding carboxylic acids is 1. The summed E-state index contributed by atoms with van der Waals surface area (Å²) in [5.41, 5.74) is 1.32. The maximum Gasteiger partial charge on any atom is 0.433 e. The number of rotatable bonds is 6. The molecule has 0 fully saturated rings. The minimum Gasteiger partial charge on any atom is -0.399 e. The number of nitrogens with zero attached hydrogens (tertiary/aromatic N) is 2. The Morgan fingerprint density at radius 2 is 1.57 bits per heavy atom. The molecular formula is C20H17N3O5. The molecule has 1 heterocycles. The first kappa shape index (κ1) is 19.0. The van der Waals surface area contributed by atoms with Crippen LogP contribution < -0.4 is 5.43 Å². The third kappa shape index (κ3) is 3.67. The molecule has 0 aliphatic rings. The number of hydrogen-bond acceptors (Lipinski definition) is 6. The highest BCUT2D eigenvalue weighted by Crippen LogP contribution is 2.29. The van der Waals surface area contributed by atoms with Gasteiger partial charge >= 0.3 is 5.88 Å². The van der Waals surface area contributed by atoms with Crippen LogP contribution in [0.2, 0.25) is 0 Å². The fourth-order valence-electron chi connectivity index (χ4n) is 2.68. The molecule has 0 aliphatic heterocycles. The van der Waals surface area contributed by atoms with E-state index in [4.69, 9.17) is 4.42 Å². The van der Waals surface area contributed by atoms with E-state index in [1.54, 1.807) is 60.7 Å². The summed E-state index contributed by atoms with van der Waals surface area (Å²) in [6.07, 6.45) is 0. The molecule has 0 bridgehead atoms. The van der Waals surface area contributed by atoms with Crippen molar-refractivity contribution in [3.63, 3.8) is 0 Å². The zero-order chi connectivity index (χ0) is 20.1. The summed E-state index contributed by atoms with van der Waals surface area (Å²) >= 11 is 0. The van der Waals surface area contributed by atoms with Crippen LogP contribution in [0.3, 0.4) is 0 Å². The number of amides is 1. The lowest BCUT2D eigenvalue weighted by Gasteiger charge is -2.27. The molecule has 0 saturated heterocycles. The normalized spacial score (nSPS) is 11.9. The number of nitro groups is 1. The average Bonchev–Trinajstić information content (AvgIpc) is 3.23. The van der Waals surface area contributed by atoms with Gasteiger partial charge in [-0.15, -0.1) is 0 Å². The molecule has 28 heavy (non-hydrogen) atoms. The largest absolute Gasteiger partial charge is 0.433 e. The van der Waals surface area contributed by atoms with Crippen molar-refractivity contribution in [2.45, 2.75) is 12.5 Å². The Morgan fingerprint density at radius 3 is 2.04 bits per heavy atom. The Kier molecular flexibility index (Phi) is 5.32. The monoisotopic (exact) mass is 379 g/mol. The van der Waals surface area contributed by atoms with E-state index in [1.807, 2.05) is 0 Å². The SMILES string of the molecule is C/C(=N\NC(=O)C(O)(c1ccccc1)c1ccccc1)c1ccc([N+](=O)[O-])o1. The highest BCUT2D eigenvalue weighted by Gasteiger charge is 2.40. The van der Waals surface area contributed by atoms with Crippen LogP contribution in [0.15, 0.2) is 82.3 Å². The lowest BCUT2D eigenvalue weighted by molar-refractivity contribution is -0.402. The van der Waals surface area contributed by atoms with Crippen molar-refractivity contribution in [2.75, 3.05) is 0 Å². The van der Waals surface area contributed by atoms with E-state index in [0.29, 0.717) is 11.1 Å². The summed E-state index contributed by atoms with van der Waals surface area (Å²) in [4.78, 5) is 23.0. The van der Waals surface area contributed by atoms with E-state index >= 15 is 0 Å². The van der Waals surface area contributed by atoms with Gasteiger partial charge in [0.2, 0.25) is 0 Å². The third-order valence-corrected chi connectivity index (χ3v) is 4.17. The smallest absolute Gasteiger partial charge is 0.399 e. The highest BCUT2D eigenvalue weighted by molar-refractivity contribution is 5.98. The van der Waals surface area contributed by atoms with Crippen LogP contribution in [0.4, 0.5) is 5.88 Å². The fraction of sp³-hybridized carbons (Fsp3) is 0.100. The molecule has 142 valence electrons. The second kappa shape index (κ2) is 7.85. The van der Waals surface area contributed by atoms with Crippen molar-refractivity contribution in [2.24, 2.45) is 5.10 Å². The van der Waals surface area contributed by atoms with E-state index in [0.717, 1.165) is 0 Å². The van der Waals surface area contributed by atoms with Crippen molar-refractivity contribution < 1.29 is 19.2 Å². The van der Waals surface area contributed by atoms with E-state index in [9.17, 15) is 20.0 Å². The molecule has 0 saturated carbocycles. The fourth-order valence-corrected chi connectivity index (χ4v) is 2.68. The minimum atomic E-state index is -1.97. The Labute approximate surface area is 160 Å². The Bertz CT molecular complexity index is 973. The van der Waals surface area contributed by atoms with Crippen molar-refractivity contribution in [3.8, 4) is 0 Å². The van der Waals surface area contributed by atoms with Crippen LogP contribution in [0.1, 0.15) is 23.8 Å². The van der Waals surface area contributed by atoms with Crippen molar-refractivity contribution >= 4 is 17.5 Å². The number of benzene rings is 2. The summed E-state index contributed by atoms with van der Waals surface area (Å²) in [5.74, 6) is -1.07. The Morgan fingerprint density at radius 1 is 1.04 bits per heavy atom. The molecule has 1 aromatic heterocycles. The second-order valence-electron chi connectivity index (χ2n) is 5.98. The van der Waals surface area contributed by atoms with Gasteiger partial charge in [-0.3, -0.25) is 14.9 Å². The molecule has 3 rings (SSSR count). The van der Waals surface area contributed by atoms with Gasteiger partial charge in [-0.1, -0.05) is 60.7 Å². The molecule has 3 aromatic rings. The summed E-state index contributed by atoms with van der Waals surface area (Å²) in [5, 5.41) is 25.9. The predicted octanol–water partition coefficient (Wildman–Crippen LogP) is 2.96. The molecule has 8 nitrogen and oxygen atoms in total. The number of carbonyl (C=O) groups is 1. The third-order valence-electron chi connectivity index (χ3n) is 4.17. The Balaban J connectivity index is 1.91. The summed E-state index contributed by atoms with van der Waals surface area (Å²) < 4.78 is 5.05. The zero-order valence-electron chi connectivity index (χ0n) is 14.9. The first-order valence-electron chi connectivity index (χ1n) is 8.35. The number of aliphatic hydroxyl groups is 1. The van der Waals surface area contributed by atoms with Gasteiger partial charge in [-0.25, -0.2) is 5.43 Å². The molecule has 0 spiro atoms. The van der Waals surface area contributed by atoms with Gasteiger partial charge in [0.1, 0.15) is 10.6 Å². The molecule has 0 aliphatic carbocycles. The molecule has 2 aromatic carbocycles. The molecule has 0 radical (unpaired) electrons. The summed E-state index contributed by atoms with van der Waals surface area (Å²) in [6.45, 7) is 1.52. The average molecular weight is 379 g/mol. The molecule has 8 heteroatoms. The number of nitrogens with one attached hydrogen (secondary N) is 1. The summed E-state index contributed by atoms with van der Waals surface area (Å²) in [6, 6.07) is 19.5. The lowest BCUT2D eigenvalue weighted by atomic mass is 9.85. The zero-order valence-corrected chi connectivity index (χ0v) is 14.9. The van der Waals surface area contributed by atoms with Crippen LogP contribution in [0, 0.1) is 10.1 Å². The van der Waals surface area contributed by atoms with E-state index in [-0.39, 0.29) is 11.5 Å². The van der Waals surface area contributed by atoms with Crippen LogP contribution >= 0.6 is 0 Å². The highest BCUT2D eigenvalue weighted by atomic mass is 16.6. The standard InChI is InChI=1S/C20H17N3O5/c1-14(17-12-13-18(28-17)23(26)27)21-22-19(24)20(25,15-8-4-2-5-9-15)16-10-6-3-7-11-16/h2-13,25H,1H3,(H,22,24)/b21-14+. The first-order valence-corrected chi connectivity index (χ1v) is 8.35. The van der Waals surface area contributed by atoms with Gasteiger partial charge in [0, 0.05) is 0 Å². The van der Waals surface area contributed by atoms with E-state index < -0.39 is 22.3 Å². The van der Waals surface area contributed by atoms with Gasteiger partial charge in [0.25, 0.3) is 5.91 Å². The predicted molar refractivity (Wildman–Crippen MR) is 102 cm³/mol. The Hall–Kier alpha value is -3.78. The van der Waals surface area contributed by atoms with Crippen molar-refractivity contribution in [1.29, 1.82) is 0 Å². The van der Waals surface area contributed by atoms with Crippen molar-refractivity contribution in [1.82, 2.24) is 5.43 Å². The molecule has 2 N–H and O–H groups in total. The summed E-state index contributed by atoms with van der Waals surface area (Å²) in [7, 11) is 0. The van der Waals surface area contributed by atoms with Crippen LogP contribution in [-0.4, -0.2) is 21.6 Å². The van der Waals surface area contributed by atoms with Gasteiger partial charge in [-0.2, -0.15) is 5.10 Å². The van der Waals surface area contributed by atoms with Crippen LogP contribution in [0.5, 0.6) is 0 Å². The molecule has 1 amide bonds. The number of furan rings is 1. The topological polar surface area (TPSA) is 118 Å². The first-order chi connectivity index (χ1) is 13.4. The van der Waals surface area contributed by atoms with Crippen LogP contribution in [-0.2, 0) is 10.4 Å². The molecule has 0 unspecified atom stereocenters. The van der Waals surface area contributed by atoms with Gasteiger partial charge in [0.15, 0.2) is 11.4 Å². The van der Waals surface area contributed by atoms with Crippen molar-refractivity contribution in [3.05, 3.63) is 99.8 Å². The van der Waals surface area contributed by atoms with Gasteiger partial charge in [-0.05, 0) is 24.1 Å². The minimum absolute atomic E-state index is 0.134. The maximum atomic E-state index is 12.9. The molecular weight excluding hydrogens is 362 g/mol. The molecule has 0 atom stereocenters. The van der Waals surface area contributed by atoms with E-state index in [1.165, 1.54) is 19.1 Å². The van der Waals surface area contributed by atoms with Gasteiger partial charge < -0.3 is 9.52 Å². The maximum absolute atomic E-state index is 12.9. The number of hydrogen-bond donors (Lipinski definition) is 2. The van der Waals surface area contributed by atoms with Gasteiger partial charge in [0.05, 0.1) is 6.07 Å². The second-order valence-corrected chi connectivity index (χ2v) is 5.98. The lowest BCUT2D eigenvalue weighted by Crippen LogP contribution is -2.43. The van der Waals surface area contributed by atoms with Crippen LogP contribution in [0.25, 0.3) is 0 Å².